The van der Waals surface area contributed by atoms with E-state index >= 15 is 0 Å². The first-order valence-corrected chi connectivity index (χ1v) is 12.0. The molecule has 166 valence electrons. The number of carbonyl (C=O) groups excluding carboxylic acids is 1. The molecule has 0 rings (SSSR count). The van der Waals surface area contributed by atoms with Gasteiger partial charge in [0.05, 0.1) is 0 Å². The lowest BCUT2D eigenvalue weighted by molar-refractivity contribution is -0.143. The molecule has 0 aromatic rings. The zero-order chi connectivity index (χ0) is 21.0. The fourth-order valence-corrected chi connectivity index (χ4v) is 3.59. The topological polar surface area (TPSA) is 66.4 Å². The minimum Gasteiger partial charge on any atom is -0.480 e. The smallest absolute Gasteiger partial charge is 0.326 e. The number of aliphatic carboxylic acids is 1. The Hall–Kier alpha value is -1.06. The van der Waals surface area contributed by atoms with Crippen LogP contribution in [-0.2, 0) is 9.59 Å². The molecule has 2 N–H and O–H groups in total. The summed E-state index contributed by atoms with van der Waals surface area (Å²) in [4.78, 5) is 23.2. The summed E-state index contributed by atoms with van der Waals surface area (Å²) in [5, 5.41) is 11.9. The van der Waals surface area contributed by atoms with E-state index in [1.54, 1.807) is 0 Å². The van der Waals surface area contributed by atoms with Gasteiger partial charge in [0.15, 0.2) is 0 Å². The molecule has 0 spiro atoms. The highest BCUT2D eigenvalue weighted by atomic mass is 16.4. The van der Waals surface area contributed by atoms with Gasteiger partial charge < -0.3 is 10.4 Å². The molecule has 0 saturated heterocycles. The molecule has 0 fully saturated rings. The maximum atomic E-state index is 11.9. The Balaban J connectivity index is 3.43. The van der Waals surface area contributed by atoms with E-state index in [1.165, 1.54) is 83.5 Å². The van der Waals surface area contributed by atoms with Crippen molar-refractivity contribution in [1.82, 2.24) is 5.32 Å². The number of unbranched alkanes of at least 4 members (excludes halogenated alkanes) is 14. The number of carbonyl (C=O) groups is 2. The van der Waals surface area contributed by atoms with Crippen LogP contribution in [-0.4, -0.2) is 23.0 Å². The Bertz CT molecular complexity index is 384. The number of rotatable bonds is 20. The molecule has 0 aromatic heterocycles. The molecule has 0 unspecified atom stereocenters. The van der Waals surface area contributed by atoms with Gasteiger partial charge in [-0.3, -0.25) is 4.79 Å². The fraction of sp³-hybridized carbons (Fsp3) is 0.917. The van der Waals surface area contributed by atoms with Gasteiger partial charge in [-0.15, -0.1) is 0 Å². The predicted molar refractivity (Wildman–Crippen MR) is 119 cm³/mol. The van der Waals surface area contributed by atoms with E-state index in [1.807, 2.05) is 13.8 Å². The first-order chi connectivity index (χ1) is 13.5. The van der Waals surface area contributed by atoms with Gasteiger partial charge in [0, 0.05) is 6.42 Å². The van der Waals surface area contributed by atoms with Gasteiger partial charge in [-0.25, -0.2) is 4.79 Å². The van der Waals surface area contributed by atoms with E-state index in [0.29, 0.717) is 6.42 Å². The maximum Gasteiger partial charge on any atom is 0.326 e. The molecule has 0 radical (unpaired) electrons. The van der Waals surface area contributed by atoms with Crippen LogP contribution in [0.3, 0.4) is 0 Å². The van der Waals surface area contributed by atoms with Crippen LogP contribution in [0, 0.1) is 5.92 Å². The summed E-state index contributed by atoms with van der Waals surface area (Å²) in [7, 11) is 0. The average Bonchev–Trinajstić information content (AvgIpc) is 2.68. The van der Waals surface area contributed by atoms with Gasteiger partial charge in [-0.05, 0) is 12.3 Å². The Kier molecular flexibility index (Phi) is 18.5. The summed E-state index contributed by atoms with van der Waals surface area (Å²) < 4.78 is 0. The van der Waals surface area contributed by atoms with Gasteiger partial charge in [-0.1, -0.05) is 117 Å². The molecule has 0 aliphatic rings. The van der Waals surface area contributed by atoms with E-state index < -0.39 is 12.0 Å². The fourth-order valence-electron chi connectivity index (χ4n) is 3.59. The minimum atomic E-state index is -0.931. The van der Waals surface area contributed by atoms with E-state index in [9.17, 15) is 14.7 Å². The van der Waals surface area contributed by atoms with Crippen molar-refractivity contribution in [3.05, 3.63) is 0 Å². The van der Waals surface area contributed by atoms with Gasteiger partial charge in [0.2, 0.25) is 5.91 Å². The molecule has 2 atom stereocenters. The van der Waals surface area contributed by atoms with Crippen molar-refractivity contribution in [2.45, 2.75) is 136 Å². The van der Waals surface area contributed by atoms with Crippen molar-refractivity contribution in [3.8, 4) is 0 Å². The summed E-state index contributed by atoms with van der Waals surface area (Å²) in [5.74, 6) is -1.09. The highest BCUT2D eigenvalue weighted by Gasteiger charge is 2.24. The Morgan fingerprint density at radius 2 is 1.11 bits per heavy atom. The molecule has 0 saturated carbocycles. The summed E-state index contributed by atoms with van der Waals surface area (Å²) in [6, 6.07) is -0.756. The average molecular weight is 398 g/mol. The van der Waals surface area contributed by atoms with Crippen LogP contribution in [0.4, 0.5) is 0 Å². The molecule has 0 aromatic carbocycles. The van der Waals surface area contributed by atoms with E-state index in [2.05, 4.69) is 12.2 Å². The summed E-state index contributed by atoms with van der Waals surface area (Å²) >= 11 is 0. The second-order valence-electron chi connectivity index (χ2n) is 8.47. The highest BCUT2D eigenvalue weighted by molar-refractivity contribution is 5.83. The van der Waals surface area contributed by atoms with Crippen LogP contribution < -0.4 is 5.32 Å². The number of nitrogens with one attached hydrogen (secondary N) is 1. The molecule has 0 aliphatic carbocycles. The molecule has 28 heavy (non-hydrogen) atoms. The zero-order valence-corrected chi connectivity index (χ0v) is 18.9. The molecular formula is C24H47NO3. The molecule has 4 nitrogen and oxygen atoms in total. The Morgan fingerprint density at radius 3 is 1.46 bits per heavy atom. The minimum absolute atomic E-state index is 0.0393. The molecule has 0 aliphatic heterocycles. The molecule has 0 bridgehead atoms. The van der Waals surface area contributed by atoms with Crippen LogP contribution in [0.2, 0.25) is 0 Å². The van der Waals surface area contributed by atoms with Gasteiger partial charge in [0.1, 0.15) is 6.04 Å². The van der Waals surface area contributed by atoms with Crippen molar-refractivity contribution in [2.75, 3.05) is 0 Å². The number of hydrogen-bond acceptors (Lipinski definition) is 2. The third kappa shape index (κ3) is 15.9. The molecule has 0 heterocycles. The van der Waals surface area contributed by atoms with Crippen LogP contribution in [0.1, 0.15) is 130 Å². The third-order valence-electron chi connectivity index (χ3n) is 5.80. The quantitative estimate of drug-likeness (QED) is 0.220. The molecule has 4 heteroatoms. The lowest BCUT2D eigenvalue weighted by atomic mass is 9.99. The third-order valence-corrected chi connectivity index (χ3v) is 5.80. The molecule has 1 amide bonds. The standard InChI is InChI=1S/C24H47NO3/c1-4-6-7-8-9-10-11-12-13-14-15-16-17-18-19-20-22(26)25-23(24(27)28)21(3)5-2/h21,23H,4-20H2,1-3H3,(H,25,26)(H,27,28)/t21-,23-/m0/s1. The number of carboxylic acid groups (broad SMARTS) is 1. The molecular weight excluding hydrogens is 350 g/mol. The van der Waals surface area contributed by atoms with Crippen molar-refractivity contribution < 1.29 is 14.7 Å². The maximum absolute atomic E-state index is 11.9. The van der Waals surface area contributed by atoms with Gasteiger partial charge >= 0.3 is 5.97 Å². The first kappa shape index (κ1) is 26.9. The SMILES string of the molecule is CCCCCCCCCCCCCCCCCC(=O)N[C@H](C(=O)O)[C@@H](C)CC. The number of hydrogen-bond donors (Lipinski definition) is 2. The second kappa shape index (κ2) is 19.3. The largest absolute Gasteiger partial charge is 0.480 e. The summed E-state index contributed by atoms with van der Waals surface area (Å²) in [5.41, 5.74) is 0. The second-order valence-corrected chi connectivity index (χ2v) is 8.47. The van der Waals surface area contributed by atoms with Crippen LogP contribution in [0.15, 0.2) is 0 Å². The van der Waals surface area contributed by atoms with Crippen molar-refractivity contribution in [3.63, 3.8) is 0 Å². The van der Waals surface area contributed by atoms with Crippen molar-refractivity contribution in [1.29, 1.82) is 0 Å². The van der Waals surface area contributed by atoms with Crippen LogP contribution in [0.5, 0.6) is 0 Å². The lowest BCUT2D eigenvalue weighted by Crippen LogP contribution is -2.44. The predicted octanol–water partition coefficient (Wildman–Crippen LogP) is 6.86. The van der Waals surface area contributed by atoms with Gasteiger partial charge in [0.25, 0.3) is 0 Å². The number of carboxylic acids is 1. The lowest BCUT2D eigenvalue weighted by Gasteiger charge is -2.20. The Morgan fingerprint density at radius 1 is 0.714 bits per heavy atom. The monoisotopic (exact) mass is 397 g/mol. The van der Waals surface area contributed by atoms with Crippen LogP contribution >= 0.6 is 0 Å². The van der Waals surface area contributed by atoms with E-state index in [0.717, 1.165) is 19.3 Å². The van der Waals surface area contributed by atoms with Gasteiger partial charge in [-0.2, -0.15) is 0 Å². The summed E-state index contributed by atoms with van der Waals surface area (Å²) in [6.45, 7) is 6.08. The Labute approximate surface area is 174 Å². The van der Waals surface area contributed by atoms with E-state index in [4.69, 9.17) is 0 Å². The summed E-state index contributed by atoms with van der Waals surface area (Å²) in [6.07, 6.45) is 20.7. The van der Waals surface area contributed by atoms with E-state index in [-0.39, 0.29) is 11.8 Å². The highest BCUT2D eigenvalue weighted by Crippen LogP contribution is 2.14. The zero-order valence-electron chi connectivity index (χ0n) is 18.9. The van der Waals surface area contributed by atoms with Crippen molar-refractivity contribution >= 4 is 11.9 Å². The first-order valence-electron chi connectivity index (χ1n) is 12.0. The normalized spacial score (nSPS) is 13.2. The van der Waals surface area contributed by atoms with Crippen molar-refractivity contribution in [2.24, 2.45) is 5.92 Å². The number of amides is 1. The van der Waals surface area contributed by atoms with Crippen LogP contribution in [0.25, 0.3) is 0 Å².